The zero-order valence-electron chi connectivity index (χ0n) is 15.8. The normalized spacial score (nSPS) is 28.3. The molecular weight excluding hydrogens is 371 g/mol. The van der Waals surface area contributed by atoms with Crippen molar-refractivity contribution in [1.29, 1.82) is 0 Å². The summed E-state index contributed by atoms with van der Waals surface area (Å²) in [5, 5.41) is 3.88. The molecule has 3 rings (SSSR count). The molecule has 2 atom stereocenters. The molecule has 1 aromatic rings. The quantitative estimate of drug-likeness (QED) is 0.762. The van der Waals surface area contributed by atoms with E-state index in [0.29, 0.717) is 19.6 Å². The summed E-state index contributed by atoms with van der Waals surface area (Å²) in [5.41, 5.74) is 6.52. The molecule has 0 heterocycles. The molecule has 2 unspecified atom stereocenters. The van der Waals surface area contributed by atoms with Crippen LogP contribution in [0, 0.1) is 5.41 Å². The summed E-state index contributed by atoms with van der Waals surface area (Å²) in [6, 6.07) is 7.99. The number of benzene rings is 1. The van der Waals surface area contributed by atoms with Gasteiger partial charge in [0.15, 0.2) is 0 Å². The fourth-order valence-electron chi connectivity index (χ4n) is 4.20. The predicted octanol–water partition coefficient (Wildman–Crippen LogP) is 3.83. The Bertz CT molecular complexity index is 644. The van der Waals surface area contributed by atoms with Crippen LogP contribution in [-0.4, -0.2) is 30.7 Å². The summed E-state index contributed by atoms with van der Waals surface area (Å²) in [6.45, 7) is 7.29. The van der Waals surface area contributed by atoms with E-state index in [0.717, 1.165) is 17.9 Å². The van der Waals surface area contributed by atoms with Crippen LogP contribution in [0.1, 0.15) is 52.0 Å². The number of rotatable bonds is 6. The lowest BCUT2D eigenvalue weighted by molar-refractivity contribution is -0.171. The van der Waals surface area contributed by atoms with Gasteiger partial charge in [-0.3, -0.25) is 4.79 Å². The molecule has 26 heavy (non-hydrogen) atoms. The molecule has 1 amide bonds. The number of nitrogens with two attached hydrogens (primary N) is 1. The first-order valence-corrected chi connectivity index (χ1v) is 9.58. The Morgan fingerprint density at radius 2 is 1.92 bits per heavy atom. The third-order valence-corrected chi connectivity index (χ3v) is 6.84. The molecular formula is C20H30Cl2N2O2. The van der Waals surface area contributed by atoms with E-state index in [2.05, 4.69) is 17.4 Å². The van der Waals surface area contributed by atoms with E-state index >= 15 is 0 Å². The van der Waals surface area contributed by atoms with Crippen molar-refractivity contribution >= 4 is 29.9 Å². The maximum Gasteiger partial charge on any atom is 0.240 e. The maximum absolute atomic E-state index is 12.9. The van der Waals surface area contributed by atoms with E-state index in [9.17, 15) is 4.79 Å². The van der Waals surface area contributed by atoms with Gasteiger partial charge in [-0.1, -0.05) is 44.0 Å². The Hall–Kier alpha value is -0.810. The first-order chi connectivity index (χ1) is 11.7. The average Bonchev–Trinajstić information content (AvgIpc) is 2.54. The summed E-state index contributed by atoms with van der Waals surface area (Å²) < 4.78 is 5.72. The Morgan fingerprint density at radius 1 is 1.31 bits per heavy atom. The van der Waals surface area contributed by atoms with Gasteiger partial charge in [0.05, 0.1) is 6.10 Å². The zero-order chi connectivity index (χ0) is 18.3. The molecule has 0 aliphatic heterocycles. The van der Waals surface area contributed by atoms with Crippen molar-refractivity contribution in [3.63, 3.8) is 0 Å². The molecule has 3 N–H and O–H groups in total. The van der Waals surface area contributed by atoms with E-state index < -0.39 is 5.54 Å². The van der Waals surface area contributed by atoms with Gasteiger partial charge in [-0.2, -0.15) is 0 Å². The number of nitrogens with one attached hydrogen (secondary N) is 1. The number of amides is 1. The second-order valence-corrected chi connectivity index (χ2v) is 8.60. The van der Waals surface area contributed by atoms with Crippen molar-refractivity contribution in [3.05, 3.63) is 34.9 Å². The van der Waals surface area contributed by atoms with Crippen LogP contribution < -0.4 is 11.1 Å². The van der Waals surface area contributed by atoms with Gasteiger partial charge in [-0.25, -0.2) is 0 Å². The lowest BCUT2D eigenvalue weighted by Crippen LogP contribution is -2.76. The first kappa shape index (κ1) is 21.5. The second kappa shape index (κ2) is 7.67. The van der Waals surface area contributed by atoms with Crippen LogP contribution in [0.3, 0.4) is 0 Å². The van der Waals surface area contributed by atoms with Gasteiger partial charge >= 0.3 is 0 Å². The Kier molecular flexibility index (Phi) is 6.34. The van der Waals surface area contributed by atoms with Gasteiger partial charge in [0.2, 0.25) is 5.91 Å². The van der Waals surface area contributed by atoms with Gasteiger partial charge < -0.3 is 15.8 Å². The lowest BCUT2D eigenvalue weighted by atomic mass is 9.54. The molecule has 0 spiro atoms. The smallest absolute Gasteiger partial charge is 0.240 e. The number of hydrogen-bond acceptors (Lipinski definition) is 3. The van der Waals surface area contributed by atoms with Crippen LogP contribution in [0.25, 0.3) is 0 Å². The first-order valence-electron chi connectivity index (χ1n) is 9.20. The predicted molar refractivity (Wildman–Crippen MR) is 108 cm³/mol. The Balaban J connectivity index is 0.00000243. The third kappa shape index (κ3) is 3.37. The van der Waals surface area contributed by atoms with Gasteiger partial charge in [0.1, 0.15) is 5.54 Å². The van der Waals surface area contributed by atoms with Crippen molar-refractivity contribution in [3.8, 4) is 0 Å². The summed E-state index contributed by atoms with van der Waals surface area (Å²) in [6.07, 6.45) is 3.97. The van der Waals surface area contributed by atoms with Crippen molar-refractivity contribution in [1.82, 2.24) is 5.32 Å². The molecule has 0 radical (unpaired) electrons. The van der Waals surface area contributed by atoms with E-state index in [1.807, 2.05) is 32.9 Å². The topological polar surface area (TPSA) is 64.3 Å². The zero-order valence-corrected chi connectivity index (χ0v) is 17.4. The van der Waals surface area contributed by atoms with Crippen LogP contribution in [0.2, 0.25) is 5.02 Å². The van der Waals surface area contributed by atoms with E-state index in [1.54, 1.807) is 0 Å². The minimum Gasteiger partial charge on any atom is -0.378 e. The van der Waals surface area contributed by atoms with E-state index in [4.69, 9.17) is 22.1 Å². The molecule has 0 aromatic heterocycles. The highest BCUT2D eigenvalue weighted by Crippen LogP contribution is 2.50. The highest BCUT2D eigenvalue weighted by atomic mass is 35.5. The van der Waals surface area contributed by atoms with Gasteiger partial charge in [0, 0.05) is 35.4 Å². The van der Waals surface area contributed by atoms with E-state index in [1.165, 1.54) is 12.0 Å². The molecule has 2 fully saturated rings. The fraction of sp³-hybridized carbons (Fsp3) is 0.650. The Labute approximate surface area is 167 Å². The minimum absolute atomic E-state index is 0. The number of carbonyl (C=O) groups is 1. The van der Waals surface area contributed by atoms with Crippen molar-refractivity contribution in [2.24, 2.45) is 11.1 Å². The molecule has 146 valence electrons. The average molecular weight is 401 g/mol. The Morgan fingerprint density at radius 3 is 2.38 bits per heavy atom. The van der Waals surface area contributed by atoms with Crippen molar-refractivity contribution in [2.75, 3.05) is 13.2 Å². The number of carbonyl (C=O) groups excluding carboxylic acids is 1. The molecule has 2 saturated carbocycles. The standard InChI is InChI=1S/C20H29ClN2O2.ClH/c1-4-25-16-12-20(22,18(16,2)3)17(24)23-13-19(10-5-11-19)14-6-8-15(21)9-7-14;/h6-9,16H,4-5,10-13,22H2,1-3H3,(H,23,24);1H. The number of ether oxygens (including phenoxy) is 1. The molecule has 4 nitrogen and oxygen atoms in total. The van der Waals surface area contributed by atoms with Crippen LogP contribution in [0.5, 0.6) is 0 Å². The third-order valence-electron chi connectivity index (χ3n) is 6.59. The highest BCUT2D eigenvalue weighted by molar-refractivity contribution is 6.30. The summed E-state index contributed by atoms with van der Waals surface area (Å²) in [7, 11) is 0. The SMILES string of the molecule is CCOC1CC(N)(C(=O)NCC2(c3ccc(Cl)cc3)CCC2)C1(C)C.Cl. The van der Waals surface area contributed by atoms with E-state index in [-0.39, 0.29) is 35.2 Å². The second-order valence-electron chi connectivity index (χ2n) is 8.16. The van der Waals surface area contributed by atoms with Crippen LogP contribution in [-0.2, 0) is 14.9 Å². The van der Waals surface area contributed by atoms with Crippen LogP contribution >= 0.6 is 24.0 Å². The molecule has 1 aromatic carbocycles. The monoisotopic (exact) mass is 400 g/mol. The van der Waals surface area contributed by atoms with Crippen LogP contribution in [0.15, 0.2) is 24.3 Å². The number of hydrogen-bond donors (Lipinski definition) is 2. The van der Waals surface area contributed by atoms with Crippen LogP contribution in [0.4, 0.5) is 0 Å². The summed E-state index contributed by atoms with van der Waals surface area (Å²) >= 11 is 6.01. The van der Waals surface area contributed by atoms with Gasteiger partial charge in [0.25, 0.3) is 0 Å². The lowest BCUT2D eigenvalue weighted by Gasteiger charge is -2.58. The summed E-state index contributed by atoms with van der Waals surface area (Å²) in [5.74, 6) is -0.0614. The van der Waals surface area contributed by atoms with Gasteiger partial charge in [-0.05, 0) is 37.5 Å². The minimum atomic E-state index is -0.863. The van der Waals surface area contributed by atoms with Crippen molar-refractivity contribution in [2.45, 2.75) is 63.5 Å². The number of halogens is 2. The molecule has 0 saturated heterocycles. The molecule has 6 heteroatoms. The fourth-order valence-corrected chi connectivity index (χ4v) is 4.33. The maximum atomic E-state index is 12.9. The summed E-state index contributed by atoms with van der Waals surface area (Å²) in [4.78, 5) is 12.9. The molecule has 2 aliphatic rings. The van der Waals surface area contributed by atoms with Crippen molar-refractivity contribution < 1.29 is 9.53 Å². The largest absolute Gasteiger partial charge is 0.378 e. The molecule has 2 aliphatic carbocycles. The highest BCUT2D eigenvalue weighted by Gasteiger charge is 2.63. The molecule has 0 bridgehead atoms. The van der Waals surface area contributed by atoms with Gasteiger partial charge in [-0.15, -0.1) is 12.4 Å².